The van der Waals surface area contributed by atoms with Crippen LogP contribution >= 0.6 is 24.0 Å². The summed E-state index contributed by atoms with van der Waals surface area (Å²) in [5.41, 5.74) is 0. The quantitative estimate of drug-likeness (QED) is 0.406. The highest BCUT2D eigenvalue weighted by molar-refractivity contribution is 14.0. The molecule has 0 bridgehead atoms. The van der Waals surface area contributed by atoms with Gasteiger partial charge in [0.1, 0.15) is 12.3 Å². The highest BCUT2D eigenvalue weighted by Crippen LogP contribution is 2.10. The summed E-state index contributed by atoms with van der Waals surface area (Å²) in [4.78, 5) is 7.03. The topological polar surface area (TPSA) is 62.0 Å². The molecule has 2 unspecified atom stereocenters. The number of hydrogen-bond acceptors (Lipinski definition) is 4. The molecular weight excluding hydrogens is 407 g/mol. The van der Waals surface area contributed by atoms with Gasteiger partial charge in [-0.25, -0.2) is 4.99 Å². The molecule has 7 heteroatoms. The second-order valence-corrected chi connectivity index (χ2v) is 5.67. The van der Waals surface area contributed by atoms with Crippen LogP contribution in [0.4, 0.5) is 0 Å². The summed E-state index contributed by atoms with van der Waals surface area (Å²) in [6.45, 7) is 11.4. The van der Waals surface area contributed by atoms with Crippen molar-refractivity contribution in [3.05, 3.63) is 24.2 Å². The Morgan fingerprint density at radius 2 is 2.30 bits per heavy atom. The maximum Gasteiger partial charge on any atom is 0.191 e. The normalized spacial score (nSPS) is 20.7. The zero-order valence-corrected chi connectivity index (χ0v) is 16.6. The van der Waals surface area contributed by atoms with Crippen molar-refractivity contribution in [1.29, 1.82) is 0 Å². The average molecular weight is 436 g/mol. The fourth-order valence-corrected chi connectivity index (χ4v) is 2.66. The molecule has 1 aromatic rings. The third-order valence-electron chi connectivity index (χ3n) is 3.87. The van der Waals surface area contributed by atoms with Crippen LogP contribution in [0, 0.1) is 0 Å². The largest absolute Gasteiger partial charge is 0.467 e. The van der Waals surface area contributed by atoms with Gasteiger partial charge in [-0.15, -0.1) is 24.0 Å². The smallest absolute Gasteiger partial charge is 0.191 e. The second kappa shape index (κ2) is 10.9. The van der Waals surface area contributed by atoms with Gasteiger partial charge in [0, 0.05) is 31.7 Å². The Kier molecular flexibility index (Phi) is 9.57. The number of nitrogens with one attached hydrogen (secondary N) is 2. The standard InChI is InChI=1S/C16H28N4O2.HI/c1-4-17-16(19-11-15-6-5-8-22-15)18-10-13(2)20-7-9-21-12-14(20)3;/h5-6,8,13-14H,4,7,9-12H2,1-3H3,(H2,17,18,19);1H. The Labute approximate surface area is 156 Å². The molecule has 0 aliphatic carbocycles. The van der Waals surface area contributed by atoms with E-state index in [1.165, 1.54) is 0 Å². The van der Waals surface area contributed by atoms with Crippen molar-refractivity contribution >= 4 is 29.9 Å². The van der Waals surface area contributed by atoms with Gasteiger partial charge in [0.25, 0.3) is 0 Å². The summed E-state index contributed by atoms with van der Waals surface area (Å²) < 4.78 is 10.8. The number of rotatable bonds is 6. The number of ether oxygens (including phenoxy) is 1. The Hall–Kier alpha value is -0.800. The monoisotopic (exact) mass is 436 g/mol. The molecule has 0 radical (unpaired) electrons. The van der Waals surface area contributed by atoms with Crippen molar-refractivity contribution in [2.75, 3.05) is 32.8 Å². The number of nitrogens with zero attached hydrogens (tertiary/aromatic N) is 2. The first-order valence-electron chi connectivity index (χ1n) is 8.08. The van der Waals surface area contributed by atoms with Crippen LogP contribution in [0.25, 0.3) is 0 Å². The molecule has 0 amide bonds. The van der Waals surface area contributed by atoms with E-state index in [4.69, 9.17) is 9.15 Å². The van der Waals surface area contributed by atoms with E-state index < -0.39 is 0 Å². The molecule has 0 saturated carbocycles. The van der Waals surface area contributed by atoms with E-state index in [0.717, 1.165) is 44.6 Å². The number of morpholine rings is 1. The van der Waals surface area contributed by atoms with Crippen LogP contribution in [-0.4, -0.2) is 55.8 Å². The lowest BCUT2D eigenvalue weighted by Gasteiger charge is -2.38. The lowest BCUT2D eigenvalue weighted by atomic mass is 10.2. The minimum Gasteiger partial charge on any atom is -0.467 e. The molecule has 23 heavy (non-hydrogen) atoms. The van der Waals surface area contributed by atoms with Crippen LogP contribution in [-0.2, 0) is 11.3 Å². The van der Waals surface area contributed by atoms with Crippen molar-refractivity contribution in [2.45, 2.75) is 39.4 Å². The van der Waals surface area contributed by atoms with Gasteiger partial charge in [-0.05, 0) is 32.9 Å². The lowest BCUT2D eigenvalue weighted by molar-refractivity contribution is -0.0174. The lowest BCUT2D eigenvalue weighted by Crippen LogP contribution is -2.53. The van der Waals surface area contributed by atoms with Gasteiger partial charge >= 0.3 is 0 Å². The van der Waals surface area contributed by atoms with E-state index in [9.17, 15) is 0 Å². The van der Waals surface area contributed by atoms with Gasteiger partial charge in [0.2, 0.25) is 0 Å². The van der Waals surface area contributed by atoms with Crippen LogP contribution in [0.1, 0.15) is 26.5 Å². The fraction of sp³-hybridized carbons (Fsp3) is 0.688. The molecule has 1 aromatic heterocycles. The van der Waals surface area contributed by atoms with Gasteiger partial charge in [-0.1, -0.05) is 0 Å². The summed E-state index contributed by atoms with van der Waals surface area (Å²) in [5.74, 6) is 1.69. The molecule has 2 N–H and O–H groups in total. The first-order valence-corrected chi connectivity index (χ1v) is 8.08. The van der Waals surface area contributed by atoms with E-state index in [0.29, 0.717) is 18.6 Å². The Bertz CT molecular complexity index is 453. The summed E-state index contributed by atoms with van der Waals surface area (Å²) in [5, 5.41) is 6.68. The van der Waals surface area contributed by atoms with E-state index in [1.807, 2.05) is 12.1 Å². The predicted octanol–water partition coefficient (Wildman–Crippen LogP) is 2.06. The van der Waals surface area contributed by atoms with Crippen molar-refractivity contribution < 1.29 is 9.15 Å². The Balaban J connectivity index is 0.00000264. The fourth-order valence-electron chi connectivity index (χ4n) is 2.66. The van der Waals surface area contributed by atoms with E-state index in [1.54, 1.807) is 6.26 Å². The van der Waals surface area contributed by atoms with E-state index >= 15 is 0 Å². The minimum absolute atomic E-state index is 0. The molecular formula is C16H29IN4O2. The van der Waals surface area contributed by atoms with Crippen LogP contribution in [0.15, 0.2) is 27.8 Å². The maximum absolute atomic E-state index is 5.50. The van der Waals surface area contributed by atoms with E-state index in [-0.39, 0.29) is 24.0 Å². The van der Waals surface area contributed by atoms with Gasteiger partial charge in [0.05, 0.1) is 19.5 Å². The number of guanidine groups is 1. The number of hydrogen-bond donors (Lipinski definition) is 2. The predicted molar refractivity (Wildman–Crippen MR) is 103 cm³/mol. The third-order valence-corrected chi connectivity index (χ3v) is 3.87. The van der Waals surface area contributed by atoms with Crippen LogP contribution in [0.2, 0.25) is 0 Å². The van der Waals surface area contributed by atoms with E-state index in [2.05, 4.69) is 41.3 Å². The SMILES string of the molecule is CCNC(=NCc1ccco1)NCC(C)N1CCOCC1C.I. The molecule has 2 atom stereocenters. The van der Waals surface area contributed by atoms with Crippen LogP contribution in [0.3, 0.4) is 0 Å². The minimum atomic E-state index is 0. The third kappa shape index (κ3) is 6.68. The Morgan fingerprint density at radius 1 is 1.48 bits per heavy atom. The van der Waals surface area contributed by atoms with Crippen molar-refractivity contribution in [3.8, 4) is 0 Å². The van der Waals surface area contributed by atoms with Gasteiger partial charge < -0.3 is 19.8 Å². The summed E-state index contributed by atoms with van der Waals surface area (Å²) >= 11 is 0. The highest BCUT2D eigenvalue weighted by Gasteiger charge is 2.23. The first-order chi connectivity index (χ1) is 10.7. The summed E-state index contributed by atoms with van der Waals surface area (Å²) in [6, 6.07) is 4.72. The molecule has 2 heterocycles. The van der Waals surface area contributed by atoms with Gasteiger partial charge in [-0.2, -0.15) is 0 Å². The number of halogens is 1. The summed E-state index contributed by atoms with van der Waals surface area (Å²) in [6.07, 6.45) is 1.67. The first kappa shape index (κ1) is 20.2. The molecule has 6 nitrogen and oxygen atoms in total. The average Bonchev–Trinajstić information content (AvgIpc) is 3.03. The zero-order valence-electron chi connectivity index (χ0n) is 14.2. The van der Waals surface area contributed by atoms with Crippen LogP contribution in [0.5, 0.6) is 0 Å². The van der Waals surface area contributed by atoms with Crippen LogP contribution < -0.4 is 10.6 Å². The molecule has 1 aliphatic heterocycles. The maximum atomic E-state index is 5.50. The molecule has 1 saturated heterocycles. The second-order valence-electron chi connectivity index (χ2n) is 5.67. The van der Waals surface area contributed by atoms with Crippen molar-refractivity contribution in [3.63, 3.8) is 0 Å². The summed E-state index contributed by atoms with van der Waals surface area (Å²) in [7, 11) is 0. The zero-order chi connectivity index (χ0) is 15.8. The van der Waals surface area contributed by atoms with Crippen molar-refractivity contribution in [2.24, 2.45) is 4.99 Å². The van der Waals surface area contributed by atoms with Gasteiger partial charge in [0.15, 0.2) is 5.96 Å². The molecule has 2 rings (SSSR count). The highest BCUT2D eigenvalue weighted by atomic mass is 127. The molecule has 0 aromatic carbocycles. The molecule has 1 fully saturated rings. The van der Waals surface area contributed by atoms with Crippen molar-refractivity contribution in [1.82, 2.24) is 15.5 Å². The molecule has 132 valence electrons. The Morgan fingerprint density at radius 3 is 2.96 bits per heavy atom. The molecule has 0 spiro atoms. The number of furan rings is 1. The number of aliphatic imine (C=N–C) groups is 1. The van der Waals surface area contributed by atoms with Gasteiger partial charge in [-0.3, -0.25) is 4.90 Å². The molecule has 1 aliphatic rings.